The smallest absolute Gasteiger partial charge is 0.310 e. The highest BCUT2D eigenvalue weighted by Crippen LogP contribution is 2.43. The number of carbonyl (C=O) groups excluding carboxylic acids is 2. The summed E-state index contributed by atoms with van der Waals surface area (Å²) >= 11 is 0. The maximum Gasteiger partial charge on any atom is 0.310 e. The lowest BCUT2D eigenvalue weighted by Gasteiger charge is -2.36. The van der Waals surface area contributed by atoms with E-state index in [1.54, 1.807) is 0 Å². The van der Waals surface area contributed by atoms with E-state index in [0.29, 0.717) is 13.2 Å². The van der Waals surface area contributed by atoms with Gasteiger partial charge in [-0.3, -0.25) is 9.59 Å². The van der Waals surface area contributed by atoms with Crippen LogP contribution in [0, 0.1) is 23.7 Å². The normalized spacial score (nSPS) is 20.3. The van der Waals surface area contributed by atoms with Crippen molar-refractivity contribution in [3.63, 3.8) is 0 Å². The van der Waals surface area contributed by atoms with Crippen molar-refractivity contribution in [1.29, 1.82) is 0 Å². The molecule has 0 spiro atoms. The Kier molecular flexibility index (Phi) is 11.7. The van der Waals surface area contributed by atoms with E-state index in [4.69, 9.17) is 9.47 Å². The molecule has 4 nitrogen and oxygen atoms in total. The van der Waals surface area contributed by atoms with E-state index in [0.717, 1.165) is 89.9 Å². The maximum absolute atomic E-state index is 13.3. The third-order valence-corrected chi connectivity index (χ3v) is 6.98. The van der Waals surface area contributed by atoms with Gasteiger partial charge in [-0.25, -0.2) is 0 Å². The zero-order chi connectivity index (χ0) is 20.9. The summed E-state index contributed by atoms with van der Waals surface area (Å²) in [6, 6.07) is 0. The van der Waals surface area contributed by atoms with Crippen molar-refractivity contribution in [3.05, 3.63) is 0 Å². The van der Waals surface area contributed by atoms with Gasteiger partial charge in [0.2, 0.25) is 0 Å². The SMILES string of the molecule is CCCCCOC(=O)C(C1CCCCC1)C(C(=O)OCCCCC)C1CCCC1. The molecule has 2 atom stereocenters. The Labute approximate surface area is 178 Å². The van der Waals surface area contributed by atoms with E-state index in [2.05, 4.69) is 13.8 Å². The molecule has 0 aromatic heterocycles. The highest BCUT2D eigenvalue weighted by molar-refractivity contribution is 5.82. The van der Waals surface area contributed by atoms with E-state index in [-0.39, 0.29) is 35.6 Å². The molecule has 2 aliphatic rings. The summed E-state index contributed by atoms with van der Waals surface area (Å²) in [5.41, 5.74) is 0. The Hall–Kier alpha value is -1.06. The highest BCUT2D eigenvalue weighted by atomic mass is 16.5. The third kappa shape index (κ3) is 7.94. The fourth-order valence-corrected chi connectivity index (χ4v) is 5.32. The molecule has 4 heteroatoms. The third-order valence-electron chi connectivity index (χ3n) is 6.98. The molecule has 0 aromatic carbocycles. The van der Waals surface area contributed by atoms with Gasteiger partial charge in [0.05, 0.1) is 25.0 Å². The number of esters is 2. The average Bonchev–Trinajstić information content (AvgIpc) is 3.27. The van der Waals surface area contributed by atoms with Gasteiger partial charge in [0.15, 0.2) is 0 Å². The first kappa shape index (κ1) is 24.2. The summed E-state index contributed by atoms with van der Waals surface area (Å²) in [5, 5.41) is 0. The molecule has 0 N–H and O–H groups in total. The molecule has 0 amide bonds. The highest BCUT2D eigenvalue weighted by Gasteiger charge is 2.46. The number of rotatable bonds is 13. The molecule has 0 heterocycles. The largest absolute Gasteiger partial charge is 0.465 e. The first-order chi connectivity index (χ1) is 14.2. The van der Waals surface area contributed by atoms with Gasteiger partial charge < -0.3 is 9.47 Å². The molecule has 29 heavy (non-hydrogen) atoms. The van der Waals surface area contributed by atoms with E-state index in [1.165, 1.54) is 6.42 Å². The second kappa shape index (κ2) is 14.0. The Morgan fingerprint density at radius 2 is 1.03 bits per heavy atom. The van der Waals surface area contributed by atoms with Gasteiger partial charge >= 0.3 is 11.9 Å². The zero-order valence-corrected chi connectivity index (χ0v) is 19.0. The molecule has 2 unspecified atom stereocenters. The van der Waals surface area contributed by atoms with Crippen LogP contribution in [-0.4, -0.2) is 25.2 Å². The van der Waals surface area contributed by atoms with E-state index in [1.807, 2.05) is 0 Å². The van der Waals surface area contributed by atoms with Gasteiger partial charge in [0, 0.05) is 0 Å². The Balaban J connectivity index is 2.12. The summed E-state index contributed by atoms with van der Waals surface area (Å²) in [6.45, 7) is 5.27. The van der Waals surface area contributed by atoms with Crippen LogP contribution in [0.4, 0.5) is 0 Å². The van der Waals surface area contributed by atoms with Gasteiger partial charge in [-0.05, 0) is 50.4 Å². The quantitative estimate of drug-likeness (QED) is 0.259. The lowest BCUT2D eigenvalue weighted by Crippen LogP contribution is -2.42. The lowest BCUT2D eigenvalue weighted by atomic mass is 9.69. The summed E-state index contributed by atoms with van der Waals surface area (Å²) in [4.78, 5) is 26.5. The van der Waals surface area contributed by atoms with Gasteiger partial charge in [0.25, 0.3) is 0 Å². The standard InChI is InChI=1S/C25H44O4/c1-3-5-12-18-28-24(26)22(20-14-8-7-9-15-20)23(21-16-10-11-17-21)25(27)29-19-13-6-4-2/h20-23H,3-19H2,1-2H3. The predicted molar refractivity (Wildman–Crippen MR) is 116 cm³/mol. The van der Waals surface area contributed by atoms with Gasteiger partial charge in [-0.1, -0.05) is 71.6 Å². The minimum absolute atomic E-state index is 0.129. The first-order valence-corrected chi connectivity index (χ1v) is 12.5. The van der Waals surface area contributed by atoms with Crippen LogP contribution in [-0.2, 0) is 19.1 Å². The fourth-order valence-electron chi connectivity index (χ4n) is 5.32. The molecular weight excluding hydrogens is 364 g/mol. The minimum atomic E-state index is -0.307. The van der Waals surface area contributed by atoms with E-state index in [9.17, 15) is 9.59 Å². The van der Waals surface area contributed by atoms with Gasteiger partial charge in [-0.2, -0.15) is 0 Å². The van der Waals surface area contributed by atoms with Crippen LogP contribution in [0.15, 0.2) is 0 Å². The molecule has 0 aromatic rings. The predicted octanol–water partition coefficient (Wildman–Crippen LogP) is 6.46. The van der Waals surface area contributed by atoms with Crippen molar-refractivity contribution >= 4 is 11.9 Å². The number of ether oxygens (including phenoxy) is 2. The van der Waals surface area contributed by atoms with Crippen molar-refractivity contribution in [3.8, 4) is 0 Å². The molecule has 0 radical (unpaired) electrons. The van der Waals surface area contributed by atoms with Crippen molar-refractivity contribution in [1.82, 2.24) is 0 Å². The summed E-state index contributed by atoms with van der Waals surface area (Å²) in [7, 11) is 0. The first-order valence-electron chi connectivity index (χ1n) is 12.5. The van der Waals surface area contributed by atoms with Crippen LogP contribution < -0.4 is 0 Å². The Morgan fingerprint density at radius 1 is 0.655 bits per heavy atom. The van der Waals surface area contributed by atoms with Crippen molar-refractivity contribution in [2.75, 3.05) is 13.2 Å². The zero-order valence-electron chi connectivity index (χ0n) is 19.0. The van der Waals surface area contributed by atoms with Crippen molar-refractivity contribution in [2.24, 2.45) is 23.7 Å². The number of unbranched alkanes of at least 4 members (excludes halogenated alkanes) is 4. The van der Waals surface area contributed by atoms with Crippen molar-refractivity contribution in [2.45, 2.75) is 110 Å². The second-order valence-corrected chi connectivity index (χ2v) is 9.24. The Morgan fingerprint density at radius 3 is 1.41 bits per heavy atom. The van der Waals surface area contributed by atoms with E-state index >= 15 is 0 Å². The van der Waals surface area contributed by atoms with Crippen LogP contribution in [0.3, 0.4) is 0 Å². The molecule has 2 saturated carbocycles. The van der Waals surface area contributed by atoms with Crippen LogP contribution in [0.5, 0.6) is 0 Å². The average molecular weight is 409 g/mol. The molecule has 168 valence electrons. The second-order valence-electron chi connectivity index (χ2n) is 9.24. The Bertz CT molecular complexity index is 463. The van der Waals surface area contributed by atoms with Crippen LogP contribution >= 0.6 is 0 Å². The molecule has 0 saturated heterocycles. The molecule has 2 fully saturated rings. The number of carbonyl (C=O) groups is 2. The van der Waals surface area contributed by atoms with Gasteiger partial charge in [-0.15, -0.1) is 0 Å². The monoisotopic (exact) mass is 408 g/mol. The van der Waals surface area contributed by atoms with Crippen LogP contribution in [0.1, 0.15) is 110 Å². The lowest BCUT2D eigenvalue weighted by molar-refractivity contribution is -0.166. The molecular formula is C25H44O4. The molecule has 2 aliphatic carbocycles. The summed E-state index contributed by atoms with van der Waals surface area (Å²) in [6.07, 6.45) is 16.2. The minimum Gasteiger partial charge on any atom is -0.465 e. The fraction of sp³-hybridized carbons (Fsp3) is 0.920. The van der Waals surface area contributed by atoms with Crippen molar-refractivity contribution < 1.29 is 19.1 Å². The summed E-state index contributed by atoms with van der Waals surface area (Å²) in [5.74, 6) is -0.316. The number of hydrogen-bond acceptors (Lipinski definition) is 4. The van der Waals surface area contributed by atoms with Crippen LogP contribution in [0.25, 0.3) is 0 Å². The van der Waals surface area contributed by atoms with Crippen LogP contribution in [0.2, 0.25) is 0 Å². The van der Waals surface area contributed by atoms with E-state index < -0.39 is 0 Å². The topological polar surface area (TPSA) is 52.6 Å². The molecule has 0 aliphatic heterocycles. The molecule has 0 bridgehead atoms. The number of hydrogen-bond donors (Lipinski definition) is 0. The molecule has 2 rings (SSSR count). The maximum atomic E-state index is 13.3. The summed E-state index contributed by atoms with van der Waals surface area (Å²) < 4.78 is 11.5. The van der Waals surface area contributed by atoms with Gasteiger partial charge in [0.1, 0.15) is 0 Å².